The SMILES string of the molecule is CC(C)NCc1ncoc1C(C)(C)S(C)(=O)=O. The van der Waals surface area contributed by atoms with Crippen molar-refractivity contribution in [1.29, 1.82) is 0 Å². The van der Waals surface area contributed by atoms with Crippen LogP contribution >= 0.6 is 0 Å². The van der Waals surface area contributed by atoms with Crippen molar-refractivity contribution in [2.45, 2.75) is 45.0 Å². The lowest BCUT2D eigenvalue weighted by atomic mass is 10.1. The third-order valence-corrected chi connectivity index (χ3v) is 4.83. The first-order valence-corrected chi connectivity index (χ1v) is 7.41. The van der Waals surface area contributed by atoms with Crippen LogP contribution < -0.4 is 5.32 Å². The van der Waals surface area contributed by atoms with E-state index in [2.05, 4.69) is 10.3 Å². The molecule has 0 bridgehead atoms. The smallest absolute Gasteiger partial charge is 0.181 e. The zero-order valence-corrected chi connectivity index (χ0v) is 11.8. The van der Waals surface area contributed by atoms with Gasteiger partial charge in [0.15, 0.2) is 16.2 Å². The van der Waals surface area contributed by atoms with Gasteiger partial charge in [-0.25, -0.2) is 13.4 Å². The van der Waals surface area contributed by atoms with Crippen LogP contribution in [0, 0.1) is 0 Å². The maximum Gasteiger partial charge on any atom is 0.181 e. The van der Waals surface area contributed by atoms with Crippen LogP contribution in [0.25, 0.3) is 0 Å². The first-order chi connectivity index (χ1) is 7.66. The number of sulfone groups is 1. The predicted molar refractivity (Wildman–Crippen MR) is 66.3 cm³/mol. The van der Waals surface area contributed by atoms with Gasteiger partial charge in [-0.05, 0) is 13.8 Å². The fourth-order valence-electron chi connectivity index (χ4n) is 1.35. The molecule has 1 rings (SSSR count). The third-order valence-electron chi connectivity index (χ3n) is 2.79. The Labute approximate surface area is 103 Å². The van der Waals surface area contributed by atoms with Gasteiger partial charge >= 0.3 is 0 Å². The third kappa shape index (κ3) is 3.07. The average molecular weight is 260 g/mol. The highest BCUT2D eigenvalue weighted by Gasteiger charge is 2.38. The van der Waals surface area contributed by atoms with Crippen molar-refractivity contribution in [3.8, 4) is 0 Å². The molecule has 0 aliphatic rings. The van der Waals surface area contributed by atoms with Crippen LogP contribution in [0.15, 0.2) is 10.8 Å². The summed E-state index contributed by atoms with van der Waals surface area (Å²) in [5.74, 6) is 0.410. The van der Waals surface area contributed by atoms with E-state index in [1.807, 2.05) is 13.8 Å². The molecule has 0 saturated carbocycles. The van der Waals surface area contributed by atoms with Crippen molar-refractivity contribution in [3.63, 3.8) is 0 Å². The van der Waals surface area contributed by atoms with Crippen LogP contribution in [0.5, 0.6) is 0 Å². The van der Waals surface area contributed by atoms with E-state index in [4.69, 9.17) is 4.42 Å². The Bertz CT molecular complexity index is 475. The van der Waals surface area contributed by atoms with Crippen LogP contribution in [0.3, 0.4) is 0 Å². The second-order valence-electron chi connectivity index (χ2n) is 4.95. The Morgan fingerprint density at radius 1 is 1.47 bits per heavy atom. The van der Waals surface area contributed by atoms with Crippen molar-refractivity contribution in [3.05, 3.63) is 17.8 Å². The van der Waals surface area contributed by atoms with E-state index in [0.29, 0.717) is 24.0 Å². The number of nitrogens with zero attached hydrogens (tertiary/aromatic N) is 1. The lowest BCUT2D eigenvalue weighted by Gasteiger charge is -2.21. The first-order valence-electron chi connectivity index (χ1n) is 5.52. The van der Waals surface area contributed by atoms with E-state index < -0.39 is 14.6 Å². The standard InChI is InChI=1S/C11H20N2O3S/c1-8(2)12-6-9-10(16-7-13-9)11(3,4)17(5,14)15/h7-8,12H,6H2,1-5H3. The van der Waals surface area contributed by atoms with Crippen molar-refractivity contribution < 1.29 is 12.8 Å². The van der Waals surface area contributed by atoms with Crippen LogP contribution in [-0.2, 0) is 21.1 Å². The highest BCUT2D eigenvalue weighted by atomic mass is 32.2. The summed E-state index contributed by atoms with van der Waals surface area (Å²) in [5, 5.41) is 3.19. The molecular formula is C11H20N2O3S. The maximum atomic E-state index is 11.7. The molecule has 0 amide bonds. The van der Waals surface area contributed by atoms with Gasteiger partial charge in [0.05, 0.1) is 5.69 Å². The molecule has 1 aromatic rings. The summed E-state index contributed by atoms with van der Waals surface area (Å²) in [6, 6.07) is 0.306. The summed E-state index contributed by atoms with van der Waals surface area (Å²) in [6.45, 7) is 7.79. The number of hydrogen-bond donors (Lipinski definition) is 1. The Hall–Kier alpha value is -0.880. The first kappa shape index (κ1) is 14.2. The summed E-state index contributed by atoms with van der Waals surface area (Å²) in [4.78, 5) is 4.07. The quantitative estimate of drug-likeness (QED) is 0.867. The van der Waals surface area contributed by atoms with E-state index in [-0.39, 0.29) is 0 Å². The average Bonchev–Trinajstić information content (AvgIpc) is 2.60. The van der Waals surface area contributed by atoms with Crippen molar-refractivity contribution in [2.24, 2.45) is 0 Å². The van der Waals surface area contributed by atoms with Crippen molar-refractivity contribution in [1.82, 2.24) is 10.3 Å². The molecule has 6 heteroatoms. The van der Waals surface area contributed by atoms with Gasteiger partial charge in [0.1, 0.15) is 10.5 Å². The minimum Gasteiger partial charge on any atom is -0.446 e. The molecule has 1 heterocycles. The topological polar surface area (TPSA) is 72.2 Å². The summed E-state index contributed by atoms with van der Waals surface area (Å²) < 4.78 is 27.7. The summed E-state index contributed by atoms with van der Waals surface area (Å²) in [5.41, 5.74) is 0.647. The lowest BCUT2D eigenvalue weighted by molar-refractivity contribution is 0.439. The molecule has 98 valence electrons. The van der Waals surface area contributed by atoms with Crippen molar-refractivity contribution in [2.75, 3.05) is 6.26 Å². The molecule has 1 N–H and O–H groups in total. The molecule has 0 radical (unpaired) electrons. The number of oxazole rings is 1. The molecule has 0 aliphatic heterocycles. The van der Waals surface area contributed by atoms with Crippen LogP contribution in [0.1, 0.15) is 39.1 Å². The molecule has 0 aromatic carbocycles. The second kappa shape index (κ2) is 4.78. The van der Waals surface area contributed by atoms with Crippen LogP contribution in [0.4, 0.5) is 0 Å². The Balaban J connectivity index is 3.04. The van der Waals surface area contributed by atoms with Gasteiger partial charge in [-0.15, -0.1) is 0 Å². The summed E-state index contributed by atoms with van der Waals surface area (Å²) in [6.07, 6.45) is 2.49. The zero-order valence-electron chi connectivity index (χ0n) is 10.9. The second-order valence-corrected chi connectivity index (χ2v) is 7.51. The molecule has 0 unspecified atom stereocenters. The highest BCUT2D eigenvalue weighted by Crippen LogP contribution is 2.31. The molecule has 0 atom stereocenters. The van der Waals surface area contributed by atoms with Gasteiger partial charge in [-0.2, -0.15) is 0 Å². The summed E-state index contributed by atoms with van der Waals surface area (Å²) >= 11 is 0. The van der Waals surface area contributed by atoms with E-state index in [0.717, 1.165) is 0 Å². The molecule has 0 saturated heterocycles. The van der Waals surface area contributed by atoms with Gasteiger partial charge in [0.2, 0.25) is 0 Å². The normalized spacial score (nSPS) is 13.3. The van der Waals surface area contributed by atoms with E-state index in [9.17, 15) is 8.42 Å². The van der Waals surface area contributed by atoms with Gasteiger partial charge in [0.25, 0.3) is 0 Å². The molecule has 0 spiro atoms. The van der Waals surface area contributed by atoms with Gasteiger partial charge in [-0.1, -0.05) is 13.8 Å². The molecule has 5 nitrogen and oxygen atoms in total. The van der Waals surface area contributed by atoms with Crippen LogP contribution in [0.2, 0.25) is 0 Å². The van der Waals surface area contributed by atoms with Gasteiger partial charge < -0.3 is 9.73 Å². The zero-order chi connectivity index (χ0) is 13.3. The lowest BCUT2D eigenvalue weighted by Crippen LogP contribution is -2.30. The fraction of sp³-hybridized carbons (Fsp3) is 0.727. The summed E-state index contributed by atoms with van der Waals surface area (Å²) in [7, 11) is -3.25. The van der Waals surface area contributed by atoms with E-state index >= 15 is 0 Å². The monoisotopic (exact) mass is 260 g/mol. The molecule has 17 heavy (non-hydrogen) atoms. The number of aromatic nitrogens is 1. The molecule has 1 aromatic heterocycles. The Kier molecular flexibility index (Phi) is 3.99. The van der Waals surface area contributed by atoms with Crippen LogP contribution in [-0.4, -0.2) is 25.7 Å². The van der Waals surface area contributed by atoms with E-state index in [1.54, 1.807) is 13.8 Å². The highest BCUT2D eigenvalue weighted by molar-refractivity contribution is 7.91. The molecular weight excluding hydrogens is 240 g/mol. The largest absolute Gasteiger partial charge is 0.446 e. The molecule has 0 aliphatic carbocycles. The minimum absolute atomic E-state index is 0.306. The maximum absolute atomic E-state index is 11.7. The Morgan fingerprint density at radius 2 is 2.06 bits per heavy atom. The number of rotatable bonds is 5. The number of nitrogens with one attached hydrogen (secondary N) is 1. The Morgan fingerprint density at radius 3 is 2.53 bits per heavy atom. The van der Waals surface area contributed by atoms with Gasteiger partial charge in [-0.3, -0.25) is 0 Å². The van der Waals surface area contributed by atoms with Crippen molar-refractivity contribution >= 4 is 9.84 Å². The minimum atomic E-state index is -3.25. The fourth-order valence-corrected chi connectivity index (χ4v) is 1.86. The van der Waals surface area contributed by atoms with E-state index in [1.165, 1.54) is 12.6 Å². The number of hydrogen-bond acceptors (Lipinski definition) is 5. The van der Waals surface area contributed by atoms with Gasteiger partial charge in [0, 0.05) is 18.8 Å². The predicted octanol–water partition coefficient (Wildman–Crippen LogP) is 1.45. The molecule has 0 fully saturated rings.